The number of carbonyl (C=O) groups excluding carboxylic acids is 1. The van der Waals surface area contributed by atoms with Crippen molar-refractivity contribution in [3.05, 3.63) is 28.8 Å². The lowest BCUT2D eigenvalue weighted by Gasteiger charge is -2.38. The van der Waals surface area contributed by atoms with Crippen LogP contribution in [0.15, 0.2) is 18.2 Å². The Morgan fingerprint density at radius 1 is 1.53 bits per heavy atom. The van der Waals surface area contributed by atoms with Crippen LogP contribution in [-0.4, -0.2) is 17.8 Å². The highest BCUT2D eigenvalue weighted by Crippen LogP contribution is 2.41. The molecule has 1 saturated heterocycles. The summed E-state index contributed by atoms with van der Waals surface area (Å²) in [5, 5.41) is 12.9. The van der Waals surface area contributed by atoms with Crippen LogP contribution >= 0.6 is 11.6 Å². The monoisotopic (exact) mass is 255 g/mol. The molecule has 4 nitrogen and oxygen atoms in total. The smallest absolute Gasteiger partial charge is 0.407 e. The summed E-state index contributed by atoms with van der Waals surface area (Å²) in [6.07, 6.45) is -0.478. The summed E-state index contributed by atoms with van der Waals surface area (Å²) < 4.78 is 4.95. The van der Waals surface area contributed by atoms with Gasteiger partial charge in [0.1, 0.15) is 12.4 Å². The fourth-order valence-corrected chi connectivity index (χ4v) is 2.14. The van der Waals surface area contributed by atoms with Crippen LogP contribution in [0.3, 0.4) is 0 Å². The van der Waals surface area contributed by atoms with Gasteiger partial charge in [-0.05, 0) is 6.07 Å². The highest BCUT2D eigenvalue weighted by atomic mass is 35.5. The number of para-hydroxylation sites is 1. The van der Waals surface area contributed by atoms with E-state index in [4.69, 9.17) is 16.3 Å². The number of benzene rings is 1. The molecular formula is C12H14ClNO3. The lowest BCUT2D eigenvalue weighted by atomic mass is 9.80. The van der Waals surface area contributed by atoms with Gasteiger partial charge in [0.05, 0.1) is 11.1 Å². The minimum absolute atomic E-state index is 0.00874. The zero-order valence-electron chi connectivity index (χ0n) is 9.66. The Labute approximate surface area is 105 Å². The van der Waals surface area contributed by atoms with Crippen LogP contribution in [0.1, 0.15) is 25.5 Å². The third-order valence-electron chi connectivity index (χ3n) is 2.95. The molecule has 2 N–H and O–H groups in total. The number of phenols is 1. The average Bonchev–Trinajstić information content (AvgIpc) is 2.26. The molecule has 1 atom stereocenters. The third kappa shape index (κ3) is 2.17. The van der Waals surface area contributed by atoms with Crippen molar-refractivity contribution < 1.29 is 14.6 Å². The first-order chi connectivity index (χ1) is 7.92. The molecule has 1 aliphatic heterocycles. The van der Waals surface area contributed by atoms with Crippen LogP contribution in [0.5, 0.6) is 5.75 Å². The number of aromatic hydroxyl groups is 1. The summed E-state index contributed by atoms with van der Waals surface area (Å²) in [5.74, 6) is 0.00874. The molecule has 1 aromatic carbocycles. The fourth-order valence-electron chi connectivity index (χ4n) is 1.95. The molecule has 0 bridgehead atoms. The van der Waals surface area contributed by atoms with Gasteiger partial charge in [-0.2, -0.15) is 0 Å². The fraction of sp³-hybridized carbons (Fsp3) is 0.417. The molecule has 1 amide bonds. The van der Waals surface area contributed by atoms with E-state index >= 15 is 0 Å². The number of halogens is 1. The maximum absolute atomic E-state index is 11.3. The molecule has 0 spiro atoms. The van der Waals surface area contributed by atoms with E-state index in [0.29, 0.717) is 12.2 Å². The first-order valence-corrected chi connectivity index (χ1v) is 5.70. The van der Waals surface area contributed by atoms with Gasteiger partial charge in [-0.1, -0.05) is 37.6 Å². The predicted molar refractivity (Wildman–Crippen MR) is 64.1 cm³/mol. The molecule has 0 radical (unpaired) electrons. The maximum atomic E-state index is 11.3. The largest absolute Gasteiger partial charge is 0.506 e. The van der Waals surface area contributed by atoms with Gasteiger partial charge < -0.3 is 15.2 Å². The van der Waals surface area contributed by atoms with Crippen LogP contribution in [0.4, 0.5) is 4.79 Å². The Kier molecular flexibility index (Phi) is 2.91. The molecule has 1 aromatic rings. The van der Waals surface area contributed by atoms with Gasteiger partial charge in [0.2, 0.25) is 0 Å². The minimum Gasteiger partial charge on any atom is -0.506 e. The van der Waals surface area contributed by atoms with Gasteiger partial charge in [-0.25, -0.2) is 4.79 Å². The Hall–Kier alpha value is -1.42. The number of hydrogen-bond donors (Lipinski definition) is 2. The van der Waals surface area contributed by atoms with Crippen molar-refractivity contribution in [3.8, 4) is 5.75 Å². The van der Waals surface area contributed by atoms with Gasteiger partial charge in [0.25, 0.3) is 0 Å². The second-order valence-electron chi connectivity index (χ2n) is 4.82. The van der Waals surface area contributed by atoms with Gasteiger partial charge in [-0.15, -0.1) is 0 Å². The van der Waals surface area contributed by atoms with Crippen molar-refractivity contribution >= 4 is 17.7 Å². The molecule has 0 unspecified atom stereocenters. The van der Waals surface area contributed by atoms with Crippen LogP contribution in [-0.2, 0) is 4.74 Å². The summed E-state index contributed by atoms with van der Waals surface area (Å²) in [6, 6.07) is 4.78. The van der Waals surface area contributed by atoms with Crippen LogP contribution in [0.25, 0.3) is 0 Å². The quantitative estimate of drug-likeness (QED) is 0.811. The molecule has 17 heavy (non-hydrogen) atoms. The number of cyclic esters (lactones) is 1. The molecular weight excluding hydrogens is 242 g/mol. The lowest BCUT2D eigenvalue weighted by molar-refractivity contribution is 0.0381. The number of phenolic OH excluding ortho intramolecular Hbond substituents is 1. The topological polar surface area (TPSA) is 58.6 Å². The Morgan fingerprint density at radius 3 is 2.94 bits per heavy atom. The van der Waals surface area contributed by atoms with E-state index < -0.39 is 6.09 Å². The van der Waals surface area contributed by atoms with Crippen molar-refractivity contribution in [2.75, 3.05) is 6.61 Å². The first-order valence-electron chi connectivity index (χ1n) is 5.32. The zero-order chi connectivity index (χ0) is 12.6. The normalized spacial score (nSPS) is 22.8. The number of hydrogen-bond acceptors (Lipinski definition) is 3. The first kappa shape index (κ1) is 12.0. The average molecular weight is 256 g/mol. The lowest BCUT2D eigenvalue weighted by Crippen LogP contribution is -2.46. The van der Waals surface area contributed by atoms with Crippen molar-refractivity contribution in [1.82, 2.24) is 5.32 Å². The van der Waals surface area contributed by atoms with E-state index in [0.717, 1.165) is 0 Å². The molecule has 2 rings (SSSR count). The summed E-state index contributed by atoms with van der Waals surface area (Å²) in [6.45, 7) is 4.21. The number of ether oxygens (including phenoxy) is 1. The van der Waals surface area contributed by atoms with Gasteiger partial charge in [-0.3, -0.25) is 0 Å². The molecule has 0 aliphatic carbocycles. The minimum atomic E-state index is -0.478. The summed E-state index contributed by atoms with van der Waals surface area (Å²) in [5.41, 5.74) is 0.301. The highest BCUT2D eigenvalue weighted by molar-refractivity contribution is 6.32. The van der Waals surface area contributed by atoms with E-state index in [9.17, 15) is 9.90 Å². The Morgan fingerprint density at radius 2 is 2.24 bits per heavy atom. The zero-order valence-corrected chi connectivity index (χ0v) is 10.4. The number of nitrogens with one attached hydrogen (secondary N) is 1. The number of alkyl carbamates (subject to hydrolysis) is 1. The molecule has 1 heterocycles. The Bertz CT molecular complexity index is 459. The molecule has 92 valence electrons. The second-order valence-corrected chi connectivity index (χ2v) is 5.23. The molecule has 1 fully saturated rings. The van der Waals surface area contributed by atoms with Crippen molar-refractivity contribution in [2.24, 2.45) is 5.41 Å². The SMILES string of the molecule is CC1(C)COC(=O)N[C@H]1c1cccc(Cl)c1O. The number of rotatable bonds is 1. The van der Waals surface area contributed by atoms with Crippen molar-refractivity contribution in [1.29, 1.82) is 0 Å². The van der Waals surface area contributed by atoms with Gasteiger partial charge in [0.15, 0.2) is 0 Å². The second kappa shape index (κ2) is 4.11. The van der Waals surface area contributed by atoms with Crippen molar-refractivity contribution in [2.45, 2.75) is 19.9 Å². The van der Waals surface area contributed by atoms with E-state index in [1.165, 1.54) is 0 Å². The number of amides is 1. The molecule has 0 saturated carbocycles. The van der Waals surface area contributed by atoms with Crippen LogP contribution in [0, 0.1) is 5.41 Å². The maximum Gasteiger partial charge on any atom is 0.407 e. The van der Waals surface area contributed by atoms with E-state index in [1.54, 1.807) is 18.2 Å². The highest BCUT2D eigenvalue weighted by Gasteiger charge is 2.39. The summed E-state index contributed by atoms with van der Waals surface area (Å²) in [7, 11) is 0. The molecule has 5 heteroatoms. The molecule has 0 aromatic heterocycles. The summed E-state index contributed by atoms with van der Waals surface area (Å²) in [4.78, 5) is 11.3. The number of carbonyl (C=O) groups is 1. The summed E-state index contributed by atoms with van der Waals surface area (Å²) >= 11 is 5.87. The van der Waals surface area contributed by atoms with Crippen molar-refractivity contribution in [3.63, 3.8) is 0 Å². The van der Waals surface area contributed by atoms with Gasteiger partial charge >= 0.3 is 6.09 Å². The van der Waals surface area contributed by atoms with E-state index in [-0.39, 0.29) is 22.2 Å². The van der Waals surface area contributed by atoms with Crippen LogP contribution in [0.2, 0.25) is 5.02 Å². The standard InChI is InChI=1S/C12H14ClNO3/c1-12(2)6-17-11(16)14-10(12)7-4-3-5-8(13)9(7)15/h3-5,10,15H,6H2,1-2H3,(H,14,16)/t10-/m0/s1. The van der Waals surface area contributed by atoms with Crippen LogP contribution < -0.4 is 5.32 Å². The molecule has 1 aliphatic rings. The Balaban J connectivity index is 2.43. The van der Waals surface area contributed by atoms with Gasteiger partial charge in [0, 0.05) is 11.0 Å². The third-order valence-corrected chi connectivity index (χ3v) is 3.25. The van der Waals surface area contributed by atoms with E-state index in [1.807, 2.05) is 13.8 Å². The predicted octanol–water partition coefficient (Wildman–Crippen LogP) is 2.85. The van der Waals surface area contributed by atoms with E-state index in [2.05, 4.69) is 5.32 Å².